The zero-order valence-electron chi connectivity index (χ0n) is 11.2. The summed E-state index contributed by atoms with van der Waals surface area (Å²) >= 11 is 0. The van der Waals surface area contributed by atoms with E-state index >= 15 is 0 Å². The van der Waals surface area contributed by atoms with E-state index in [2.05, 4.69) is 5.32 Å². The molecule has 19 heavy (non-hydrogen) atoms. The van der Waals surface area contributed by atoms with E-state index in [9.17, 15) is 14.3 Å². The molecule has 0 saturated carbocycles. The summed E-state index contributed by atoms with van der Waals surface area (Å²) in [5, 5.41) is 11.9. The number of hydrogen-bond donors (Lipinski definition) is 2. The molecule has 2 rings (SSSR count). The van der Waals surface area contributed by atoms with Gasteiger partial charge in [0.2, 0.25) is 5.91 Å². The van der Waals surface area contributed by atoms with Gasteiger partial charge in [-0.1, -0.05) is 6.07 Å². The summed E-state index contributed by atoms with van der Waals surface area (Å²) in [4.78, 5) is 13.8. The molecule has 2 N–H and O–H groups in total. The van der Waals surface area contributed by atoms with E-state index in [1.807, 2.05) is 11.8 Å². The minimum absolute atomic E-state index is 0.0245. The Kier molecular flexibility index (Phi) is 4.04. The Bertz CT molecular complexity index is 479. The van der Waals surface area contributed by atoms with Gasteiger partial charge in [0.15, 0.2) is 0 Å². The quantitative estimate of drug-likeness (QED) is 0.877. The second-order valence-electron chi connectivity index (χ2n) is 4.89. The predicted molar refractivity (Wildman–Crippen MR) is 70.3 cm³/mol. The number of nitrogens with zero attached hydrogens (tertiary/aromatic N) is 1. The maximum absolute atomic E-state index is 13.9. The first-order chi connectivity index (χ1) is 9.04. The van der Waals surface area contributed by atoms with Gasteiger partial charge in [-0.05, 0) is 32.4 Å². The lowest BCUT2D eigenvalue weighted by Crippen LogP contribution is -2.43. The average molecular weight is 266 g/mol. The summed E-state index contributed by atoms with van der Waals surface area (Å²) < 4.78 is 13.9. The van der Waals surface area contributed by atoms with Crippen LogP contribution in [-0.2, 0) is 4.79 Å². The molecule has 1 aliphatic heterocycles. The number of rotatable bonds is 3. The van der Waals surface area contributed by atoms with Gasteiger partial charge in [0.25, 0.3) is 0 Å². The minimum Gasteiger partial charge on any atom is -0.508 e. The number of halogens is 1. The van der Waals surface area contributed by atoms with Gasteiger partial charge in [-0.2, -0.15) is 0 Å². The molecular weight excluding hydrogens is 247 g/mol. The molecule has 1 amide bonds. The van der Waals surface area contributed by atoms with Crippen molar-refractivity contribution in [2.24, 2.45) is 0 Å². The summed E-state index contributed by atoms with van der Waals surface area (Å²) in [5.74, 6) is -0.545. The first-order valence-electron chi connectivity index (χ1n) is 6.50. The maximum atomic E-state index is 13.9. The van der Waals surface area contributed by atoms with E-state index < -0.39 is 5.82 Å². The predicted octanol–water partition coefficient (Wildman–Crippen LogP) is 1.80. The lowest BCUT2D eigenvalue weighted by Gasteiger charge is -2.30. The van der Waals surface area contributed by atoms with E-state index in [4.69, 9.17) is 0 Å². The molecule has 104 valence electrons. The van der Waals surface area contributed by atoms with Crippen molar-refractivity contribution in [3.8, 4) is 5.75 Å². The molecule has 0 aromatic heterocycles. The van der Waals surface area contributed by atoms with Gasteiger partial charge in [-0.25, -0.2) is 4.39 Å². The second kappa shape index (κ2) is 5.57. The number of likely N-dealkylation sites (tertiary alicyclic amines) is 1. The Balaban J connectivity index is 2.23. The molecule has 1 aromatic carbocycles. The van der Waals surface area contributed by atoms with E-state index in [-0.39, 0.29) is 23.7 Å². The molecule has 1 aliphatic rings. The first kappa shape index (κ1) is 13.8. The Hall–Kier alpha value is -1.62. The molecule has 2 atom stereocenters. The fraction of sp³-hybridized carbons (Fsp3) is 0.500. The highest BCUT2D eigenvalue weighted by Crippen LogP contribution is 2.31. The van der Waals surface area contributed by atoms with Crippen molar-refractivity contribution in [3.63, 3.8) is 0 Å². The van der Waals surface area contributed by atoms with Crippen LogP contribution in [0.3, 0.4) is 0 Å². The molecule has 1 heterocycles. The third-order valence-corrected chi connectivity index (χ3v) is 3.77. The highest BCUT2D eigenvalue weighted by atomic mass is 19.1. The molecule has 4 nitrogen and oxygen atoms in total. The van der Waals surface area contributed by atoms with Gasteiger partial charge >= 0.3 is 0 Å². The summed E-state index contributed by atoms with van der Waals surface area (Å²) in [7, 11) is 1.62. The number of carbonyl (C=O) groups excluding carboxylic acids is 1. The standard InChI is InChI=1S/C14H19FN2O2/c1-9(11-6-5-10(18)8-12(11)15)17-7-3-4-13(17)14(19)16-2/h5-6,8-9,13,18H,3-4,7H2,1-2H3,(H,16,19). The molecule has 1 fully saturated rings. The lowest BCUT2D eigenvalue weighted by atomic mass is 10.0. The maximum Gasteiger partial charge on any atom is 0.237 e. The van der Waals surface area contributed by atoms with Crippen molar-refractivity contribution in [1.29, 1.82) is 0 Å². The number of hydrogen-bond acceptors (Lipinski definition) is 3. The van der Waals surface area contributed by atoms with Crippen molar-refractivity contribution >= 4 is 5.91 Å². The lowest BCUT2D eigenvalue weighted by molar-refractivity contribution is -0.125. The number of amides is 1. The molecule has 2 unspecified atom stereocenters. The average Bonchev–Trinajstić information content (AvgIpc) is 2.86. The number of phenols is 1. The normalized spacial score (nSPS) is 21.3. The SMILES string of the molecule is CNC(=O)C1CCCN1C(C)c1ccc(O)cc1F. The fourth-order valence-corrected chi connectivity index (χ4v) is 2.73. The van der Waals surface area contributed by atoms with Crippen molar-refractivity contribution in [2.45, 2.75) is 31.8 Å². The third kappa shape index (κ3) is 2.71. The summed E-state index contributed by atoms with van der Waals surface area (Å²) in [5.41, 5.74) is 0.508. The molecule has 0 aliphatic carbocycles. The number of carbonyl (C=O) groups is 1. The van der Waals surface area contributed by atoms with E-state index in [1.54, 1.807) is 13.1 Å². The van der Waals surface area contributed by atoms with Gasteiger partial charge in [-0.3, -0.25) is 9.69 Å². The molecule has 1 aromatic rings. The highest BCUT2D eigenvalue weighted by Gasteiger charge is 2.34. The molecule has 0 radical (unpaired) electrons. The van der Waals surface area contributed by atoms with Gasteiger partial charge in [0.1, 0.15) is 11.6 Å². The van der Waals surface area contributed by atoms with Gasteiger partial charge in [0.05, 0.1) is 6.04 Å². The number of benzene rings is 1. The fourth-order valence-electron chi connectivity index (χ4n) is 2.73. The molecule has 1 saturated heterocycles. The number of nitrogens with one attached hydrogen (secondary N) is 1. The minimum atomic E-state index is -0.435. The summed E-state index contributed by atoms with van der Waals surface area (Å²) in [6.07, 6.45) is 1.73. The number of phenolic OH excluding ortho intramolecular Hbond substituents is 1. The van der Waals surface area contributed by atoms with Crippen LogP contribution in [0.1, 0.15) is 31.4 Å². The first-order valence-corrected chi connectivity index (χ1v) is 6.50. The van der Waals surface area contributed by atoms with Gasteiger partial charge in [-0.15, -0.1) is 0 Å². The summed E-state index contributed by atoms with van der Waals surface area (Å²) in [6.45, 7) is 2.66. The van der Waals surface area contributed by atoms with Crippen LogP contribution < -0.4 is 5.32 Å². The van der Waals surface area contributed by atoms with Gasteiger partial charge in [0, 0.05) is 24.7 Å². The van der Waals surface area contributed by atoms with E-state index in [0.717, 1.165) is 25.5 Å². The van der Waals surface area contributed by atoms with Crippen LogP contribution in [0.15, 0.2) is 18.2 Å². The van der Waals surface area contributed by atoms with Crippen molar-refractivity contribution in [3.05, 3.63) is 29.6 Å². The van der Waals surface area contributed by atoms with Crippen LogP contribution in [0.2, 0.25) is 0 Å². The van der Waals surface area contributed by atoms with E-state index in [1.165, 1.54) is 6.07 Å². The van der Waals surface area contributed by atoms with Crippen molar-refractivity contribution < 1.29 is 14.3 Å². The summed E-state index contributed by atoms with van der Waals surface area (Å²) in [6, 6.07) is 3.77. The van der Waals surface area contributed by atoms with Crippen molar-refractivity contribution in [2.75, 3.05) is 13.6 Å². The largest absolute Gasteiger partial charge is 0.508 e. The Morgan fingerprint density at radius 3 is 2.95 bits per heavy atom. The van der Waals surface area contributed by atoms with Crippen LogP contribution in [0.5, 0.6) is 5.75 Å². The van der Waals surface area contributed by atoms with Crippen LogP contribution in [0.4, 0.5) is 4.39 Å². The third-order valence-electron chi connectivity index (χ3n) is 3.77. The number of likely N-dealkylation sites (N-methyl/N-ethyl adjacent to an activating group) is 1. The van der Waals surface area contributed by atoms with Crippen LogP contribution in [0, 0.1) is 5.82 Å². The Labute approximate surface area is 112 Å². The van der Waals surface area contributed by atoms with Crippen LogP contribution in [0.25, 0.3) is 0 Å². The Morgan fingerprint density at radius 2 is 2.32 bits per heavy atom. The smallest absolute Gasteiger partial charge is 0.237 e. The zero-order valence-corrected chi connectivity index (χ0v) is 11.2. The number of aromatic hydroxyl groups is 1. The highest BCUT2D eigenvalue weighted by molar-refractivity contribution is 5.81. The van der Waals surface area contributed by atoms with Crippen LogP contribution in [-0.4, -0.2) is 35.5 Å². The zero-order chi connectivity index (χ0) is 14.0. The molecule has 0 bridgehead atoms. The molecule has 0 spiro atoms. The Morgan fingerprint density at radius 1 is 1.58 bits per heavy atom. The van der Waals surface area contributed by atoms with Gasteiger partial charge < -0.3 is 10.4 Å². The van der Waals surface area contributed by atoms with Crippen molar-refractivity contribution in [1.82, 2.24) is 10.2 Å². The topological polar surface area (TPSA) is 52.6 Å². The second-order valence-corrected chi connectivity index (χ2v) is 4.89. The molecular formula is C14H19FN2O2. The molecule has 5 heteroatoms. The van der Waals surface area contributed by atoms with E-state index in [0.29, 0.717) is 5.56 Å². The monoisotopic (exact) mass is 266 g/mol. The van der Waals surface area contributed by atoms with Crippen LogP contribution >= 0.6 is 0 Å².